The summed E-state index contributed by atoms with van der Waals surface area (Å²) in [5, 5.41) is 0. The number of hydrogen-bond donors (Lipinski definition) is 0. The second-order valence-corrected chi connectivity index (χ2v) is 6.59. The Morgan fingerprint density at radius 2 is 1.32 bits per heavy atom. The lowest BCUT2D eigenvalue weighted by Gasteiger charge is -2.32. The molecule has 2 rings (SSSR count). The Morgan fingerprint density at radius 1 is 0.895 bits per heavy atom. The van der Waals surface area contributed by atoms with Gasteiger partial charge in [-0.05, 0) is 40.4 Å². The molecule has 0 spiro atoms. The van der Waals surface area contributed by atoms with Gasteiger partial charge in [0.25, 0.3) is 0 Å². The molecule has 0 unspecified atom stereocenters. The van der Waals surface area contributed by atoms with Crippen LogP contribution in [0.2, 0.25) is 6.32 Å². The van der Waals surface area contributed by atoms with Gasteiger partial charge in [0.1, 0.15) is 0 Å². The highest BCUT2D eigenvalue weighted by Crippen LogP contribution is 2.37. The number of methoxy groups -OCH3 is 1. The molecule has 1 saturated heterocycles. The second kappa shape index (κ2) is 7.65. The Morgan fingerprint density at radius 3 is 1.68 bits per heavy atom. The van der Waals surface area contributed by atoms with Crippen molar-refractivity contribution in [2.75, 3.05) is 13.7 Å². The summed E-state index contributed by atoms with van der Waals surface area (Å²) in [7, 11) is 1.64. The van der Waals surface area contributed by atoms with Gasteiger partial charge >= 0.3 is 7.12 Å². The molecule has 2 aliphatic rings. The van der Waals surface area contributed by atoms with Gasteiger partial charge in [0.2, 0.25) is 0 Å². The van der Waals surface area contributed by atoms with Gasteiger partial charge in [-0.1, -0.05) is 32.1 Å². The standard InChI is InChI=1S/C10H21BO3.C5H10/c1-9(2)10(3,4)14-11(13-9)7-6-8-12-5;1-2-4-5-3-1/h6-8H2,1-5H3;1-5H2. The number of ether oxygens (including phenoxy) is 1. The third-order valence-corrected chi connectivity index (χ3v) is 4.34. The molecule has 2 fully saturated rings. The highest BCUT2D eigenvalue weighted by molar-refractivity contribution is 6.45. The zero-order valence-corrected chi connectivity index (χ0v) is 13.5. The van der Waals surface area contributed by atoms with E-state index in [1.165, 1.54) is 32.1 Å². The molecule has 0 amide bonds. The first-order valence-corrected chi connectivity index (χ1v) is 7.73. The van der Waals surface area contributed by atoms with Gasteiger partial charge in [0, 0.05) is 13.7 Å². The van der Waals surface area contributed by atoms with Crippen LogP contribution in [0.25, 0.3) is 0 Å². The maximum atomic E-state index is 5.83. The Balaban J connectivity index is 0.000000300. The molecule has 1 aliphatic heterocycles. The fraction of sp³-hybridized carbons (Fsp3) is 1.00. The van der Waals surface area contributed by atoms with Gasteiger partial charge in [-0.2, -0.15) is 0 Å². The average Bonchev–Trinajstić information content (AvgIpc) is 2.91. The summed E-state index contributed by atoms with van der Waals surface area (Å²) in [5.74, 6) is 0. The SMILES string of the molecule is C1CCCC1.COCCCB1OC(C)(C)C(C)(C)O1. The van der Waals surface area contributed by atoms with Crippen LogP contribution in [0.3, 0.4) is 0 Å². The molecule has 112 valence electrons. The van der Waals surface area contributed by atoms with E-state index in [1.54, 1.807) is 7.11 Å². The lowest BCUT2D eigenvalue weighted by Crippen LogP contribution is -2.41. The lowest BCUT2D eigenvalue weighted by atomic mass is 9.83. The summed E-state index contributed by atoms with van der Waals surface area (Å²) in [6, 6.07) is 0. The van der Waals surface area contributed by atoms with Gasteiger partial charge in [-0.25, -0.2) is 0 Å². The van der Waals surface area contributed by atoms with Gasteiger partial charge < -0.3 is 14.0 Å². The number of rotatable bonds is 4. The van der Waals surface area contributed by atoms with Crippen molar-refractivity contribution in [2.45, 2.75) is 83.7 Å². The van der Waals surface area contributed by atoms with Crippen molar-refractivity contribution in [2.24, 2.45) is 0 Å². The minimum Gasteiger partial charge on any atom is -0.403 e. The predicted octanol–water partition coefficient (Wildman–Crippen LogP) is 4.07. The Labute approximate surface area is 119 Å². The third-order valence-electron chi connectivity index (χ3n) is 4.34. The zero-order valence-electron chi connectivity index (χ0n) is 13.5. The first kappa shape index (κ1) is 17.0. The van der Waals surface area contributed by atoms with Crippen molar-refractivity contribution in [3.63, 3.8) is 0 Å². The van der Waals surface area contributed by atoms with E-state index in [0.29, 0.717) is 0 Å². The predicted molar refractivity (Wildman–Crippen MR) is 80.5 cm³/mol. The van der Waals surface area contributed by atoms with Crippen LogP contribution in [0.4, 0.5) is 0 Å². The van der Waals surface area contributed by atoms with E-state index in [-0.39, 0.29) is 18.3 Å². The molecule has 4 heteroatoms. The smallest absolute Gasteiger partial charge is 0.403 e. The molecule has 1 aliphatic carbocycles. The highest BCUT2D eigenvalue weighted by Gasteiger charge is 2.50. The molecular weight excluding hydrogens is 239 g/mol. The van der Waals surface area contributed by atoms with E-state index in [2.05, 4.69) is 27.7 Å². The maximum Gasteiger partial charge on any atom is 0.457 e. The molecule has 0 aromatic carbocycles. The van der Waals surface area contributed by atoms with Crippen molar-refractivity contribution in [1.29, 1.82) is 0 Å². The van der Waals surface area contributed by atoms with E-state index in [1.807, 2.05) is 0 Å². The normalized spacial score (nSPS) is 24.2. The van der Waals surface area contributed by atoms with Crippen LogP contribution in [0.5, 0.6) is 0 Å². The molecule has 19 heavy (non-hydrogen) atoms. The molecule has 0 atom stereocenters. The Hall–Kier alpha value is -0.0551. The summed E-state index contributed by atoms with van der Waals surface area (Å²) in [4.78, 5) is 0. The van der Waals surface area contributed by atoms with Crippen molar-refractivity contribution >= 4 is 7.12 Å². The highest BCUT2D eigenvalue weighted by atomic mass is 16.7. The summed E-state index contributed by atoms with van der Waals surface area (Å²) >= 11 is 0. The summed E-state index contributed by atoms with van der Waals surface area (Å²) in [6.07, 6.45) is 9.38. The van der Waals surface area contributed by atoms with Crippen LogP contribution < -0.4 is 0 Å². The number of hydrogen-bond acceptors (Lipinski definition) is 3. The van der Waals surface area contributed by atoms with Crippen LogP contribution in [-0.4, -0.2) is 32.0 Å². The van der Waals surface area contributed by atoms with Crippen LogP contribution >= 0.6 is 0 Å². The van der Waals surface area contributed by atoms with Crippen molar-refractivity contribution in [3.05, 3.63) is 0 Å². The monoisotopic (exact) mass is 270 g/mol. The topological polar surface area (TPSA) is 27.7 Å². The van der Waals surface area contributed by atoms with Gasteiger partial charge in [-0.3, -0.25) is 0 Å². The van der Waals surface area contributed by atoms with Gasteiger partial charge in [-0.15, -0.1) is 0 Å². The molecule has 0 radical (unpaired) electrons. The Bertz CT molecular complexity index is 226. The average molecular weight is 270 g/mol. The fourth-order valence-electron chi connectivity index (χ4n) is 2.36. The molecule has 1 saturated carbocycles. The minimum absolute atomic E-state index is 0.0739. The summed E-state index contributed by atoms with van der Waals surface area (Å²) in [6.45, 7) is 9.06. The van der Waals surface area contributed by atoms with Gasteiger partial charge in [0.15, 0.2) is 0 Å². The van der Waals surface area contributed by atoms with Crippen LogP contribution in [-0.2, 0) is 14.0 Å². The largest absolute Gasteiger partial charge is 0.457 e. The quantitative estimate of drug-likeness (QED) is 0.569. The fourth-order valence-corrected chi connectivity index (χ4v) is 2.36. The van der Waals surface area contributed by atoms with E-state index in [9.17, 15) is 0 Å². The summed E-state index contributed by atoms with van der Waals surface area (Å²) < 4.78 is 16.7. The van der Waals surface area contributed by atoms with E-state index in [0.717, 1.165) is 19.3 Å². The van der Waals surface area contributed by atoms with Crippen LogP contribution in [0.15, 0.2) is 0 Å². The molecule has 0 aromatic rings. The van der Waals surface area contributed by atoms with E-state index in [4.69, 9.17) is 14.0 Å². The Kier molecular flexibility index (Phi) is 6.85. The van der Waals surface area contributed by atoms with Crippen LogP contribution in [0.1, 0.15) is 66.2 Å². The summed E-state index contributed by atoms with van der Waals surface area (Å²) in [5.41, 5.74) is -0.407. The van der Waals surface area contributed by atoms with Crippen molar-refractivity contribution < 1.29 is 14.0 Å². The molecular formula is C15H31BO3. The van der Waals surface area contributed by atoms with Crippen molar-refractivity contribution in [1.82, 2.24) is 0 Å². The van der Waals surface area contributed by atoms with E-state index < -0.39 is 0 Å². The van der Waals surface area contributed by atoms with Crippen molar-refractivity contribution in [3.8, 4) is 0 Å². The molecule has 3 nitrogen and oxygen atoms in total. The maximum absolute atomic E-state index is 5.83. The molecule has 0 aromatic heterocycles. The molecule has 1 heterocycles. The lowest BCUT2D eigenvalue weighted by molar-refractivity contribution is 0.00578. The minimum atomic E-state index is -0.204. The zero-order chi connectivity index (χ0) is 14.4. The molecule has 0 bridgehead atoms. The van der Waals surface area contributed by atoms with Crippen LogP contribution in [0, 0.1) is 0 Å². The van der Waals surface area contributed by atoms with E-state index >= 15 is 0 Å². The third kappa shape index (κ3) is 5.45. The molecule has 0 N–H and O–H groups in total. The first-order valence-electron chi connectivity index (χ1n) is 7.73. The van der Waals surface area contributed by atoms with Gasteiger partial charge in [0.05, 0.1) is 11.2 Å². The second-order valence-electron chi connectivity index (χ2n) is 6.59. The first-order chi connectivity index (χ1) is 8.89.